The van der Waals surface area contributed by atoms with E-state index in [9.17, 15) is 19.2 Å². The van der Waals surface area contributed by atoms with E-state index in [1.807, 2.05) is 54.8 Å². The number of benzene rings is 1. The first kappa shape index (κ1) is 25.5. The van der Waals surface area contributed by atoms with Crippen LogP contribution >= 0.6 is 11.3 Å². The van der Waals surface area contributed by atoms with E-state index in [4.69, 9.17) is 0 Å². The monoisotopic (exact) mass is 532 g/mol. The molecule has 3 aromatic rings. The second-order valence-electron chi connectivity index (χ2n) is 9.33. The van der Waals surface area contributed by atoms with E-state index < -0.39 is 24.5 Å². The SMILES string of the molecule is COC(=O)CN1C(=O)N/C(=C/c2cc(C)n(-c3sc4c(c3C(=O)Nc3ccccc3)CCCC4)c2C)C1=O. The molecule has 1 aliphatic carbocycles. The van der Waals surface area contributed by atoms with Crippen molar-refractivity contribution >= 4 is 46.9 Å². The van der Waals surface area contributed by atoms with Crippen molar-refractivity contribution in [3.05, 3.63) is 75.1 Å². The maximum Gasteiger partial charge on any atom is 0.329 e. The zero-order chi connectivity index (χ0) is 27.0. The zero-order valence-electron chi connectivity index (χ0n) is 21.4. The van der Waals surface area contributed by atoms with Gasteiger partial charge in [-0.1, -0.05) is 18.2 Å². The molecule has 0 radical (unpaired) electrons. The Labute approximate surface area is 224 Å². The predicted molar refractivity (Wildman–Crippen MR) is 144 cm³/mol. The van der Waals surface area contributed by atoms with Crippen molar-refractivity contribution in [3.63, 3.8) is 0 Å². The van der Waals surface area contributed by atoms with Crippen LogP contribution in [-0.4, -0.2) is 46.9 Å². The van der Waals surface area contributed by atoms with Crippen molar-refractivity contribution in [2.24, 2.45) is 0 Å². The van der Waals surface area contributed by atoms with Gasteiger partial charge in [-0.2, -0.15) is 0 Å². The highest BCUT2D eigenvalue weighted by Crippen LogP contribution is 2.39. The molecule has 0 unspecified atom stereocenters. The molecule has 196 valence electrons. The Morgan fingerprint density at radius 3 is 2.61 bits per heavy atom. The van der Waals surface area contributed by atoms with E-state index >= 15 is 0 Å². The lowest BCUT2D eigenvalue weighted by molar-refractivity contribution is -0.143. The smallest absolute Gasteiger partial charge is 0.329 e. The van der Waals surface area contributed by atoms with Crippen LogP contribution in [0.1, 0.15) is 50.6 Å². The molecule has 0 atom stereocenters. The molecular formula is C28H28N4O5S. The number of rotatable bonds is 6. The minimum Gasteiger partial charge on any atom is -0.468 e. The molecule has 1 fully saturated rings. The number of aryl methyl sites for hydroxylation is 2. The van der Waals surface area contributed by atoms with Crippen molar-refractivity contribution in [1.29, 1.82) is 0 Å². The molecule has 1 aromatic carbocycles. The Balaban J connectivity index is 1.53. The number of nitrogens with zero attached hydrogens (tertiary/aromatic N) is 2. The van der Waals surface area contributed by atoms with Gasteiger partial charge < -0.3 is 19.9 Å². The number of anilines is 1. The highest BCUT2D eigenvalue weighted by atomic mass is 32.1. The van der Waals surface area contributed by atoms with Crippen LogP contribution in [0.4, 0.5) is 10.5 Å². The molecule has 9 nitrogen and oxygen atoms in total. The van der Waals surface area contributed by atoms with Crippen LogP contribution in [0.3, 0.4) is 0 Å². The fraction of sp³-hybridized carbons (Fsp3) is 0.286. The Morgan fingerprint density at radius 1 is 1.13 bits per heavy atom. The summed E-state index contributed by atoms with van der Waals surface area (Å²) < 4.78 is 6.63. The third-order valence-electron chi connectivity index (χ3n) is 6.86. The summed E-state index contributed by atoms with van der Waals surface area (Å²) in [5, 5.41) is 6.44. The summed E-state index contributed by atoms with van der Waals surface area (Å²) in [6.07, 6.45) is 5.54. The predicted octanol–water partition coefficient (Wildman–Crippen LogP) is 4.35. The molecule has 4 amide bonds. The van der Waals surface area contributed by atoms with Crippen molar-refractivity contribution < 1.29 is 23.9 Å². The average molecular weight is 533 g/mol. The number of methoxy groups -OCH3 is 1. The maximum absolute atomic E-state index is 13.6. The van der Waals surface area contributed by atoms with E-state index in [2.05, 4.69) is 15.4 Å². The van der Waals surface area contributed by atoms with Crippen LogP contribution in [0.2, 0.25) is 0 Å². The van der Waals surface area contributed by atoms with Crippen LogP contribution < -0.4 is 10.6 Å². The molecule has 0 spiro atoms. The number of urea groups is 1. The summed E-state index contributed by atoms with van der Waals surface area (Å²) in [4.78, 5) is 52.4. The van der Waals surface area contributed by atoms with Crippen LogP contribution in [0.5, 0.6) is 0 Å². The lowest BCUT2D eigenvalue weighted by Crippen LogP contribution is -2.36. The fourth-order valence-corrected chi connectivity index (χ4v) is 6.47. The van der Waals surface area contributed by atoms with Gasteiger partial charge in [0.1, 0.15) is 17.2 Å². The van der Waals surface area contributed by atoms with Crippen LogP contribution in [0, 0.1) is 13.8 Å². The number of carbonyl (C=O) groups excluding carboxylic acids is 4. The number of fused-ring (bicyclic) bond motifs is 1. The van der Waals surface area contributed by atoms with E-state index in [1.54, 1.807) is 17.4 Å². The molecule has 0 saturated carbocycles. The number of aromatic nitrogens is 1. The van der Waals surface area contributed by atoms with Gasteiger partial charge in [-0.15, -0.1) is 11.3 Å². The highest BCUT2D eigenvalue weighted by molar-refractivity contribution is 7.15. The summed E-state index contributed by atoms with van der Waals surface area (Å²) in [6, 6.07) is 10.6. The van der Waals surface area contributed by atoms with Crippen molar-refractivity contribution in [1.82, 2.24) is 14.8 Å². The maximum atomic E-state index is 13.6. The second kappa shape index (κ2) is 10.3. The normalized spacial score (nSPS) is 16.0. The Morgan fingerprint density at radius 2 is 1.87 bits per heavy atom. The standard InChI is InChI=1S/C28H28N4O5S/c1-16-13-18(14-21-26(35)31(28(36)30-21)15-23(33)37-3)17(2)32(16)27-24(20-11-7-8-12-22(20)38-27)25(34)29-19-9-5-4-6-10-19/h4-6,9-10,13-14H,7-8,11-12,15H2,1-3H3,(H,29,34)(H,30,36)/b21-14+. The minimum absolute atomic E-state index is 0.0756. The first-order chi connectivity index (χ1) is 18.3. The molecule has 10 heteroatoms. The van der Waals surface area contributed by atoms with Gasteiger partial charge in [0.25, 0.3) is 11.8 Å². The minimum atomic E-state index is -0.684. The van der Waals surface area contributed by atoms with Crippen LogP contribution in [0.25, 0.3) is 11.1 Å². The van der Waals surface area contributed by atoms with Crippen molar-refractivity contribution in [3.8, 4) is 5.00 Å². The number of para-hydroxylation sites is 1. The Kier molecular flexibility index (Phi) is 6.90. The molecule has 2 N–H and O–H groups in total. The van der Waals surface area contributed by atoms with Gasteiger partial charge in [-0.05, 0) is 74.9 Å². The number of thiophene rings is 1. The topological polar surface area (TPSA) is 110 Å². The van der Waals surface area contributed by atoms with Gasteiger partial charge in [0, 0.05) is 22.0 Å². The molecule has 1 saturated heterocycles. The quantitative estimate of drug-likeness (QED) is 0.279. The second-order valence-corrected chi connectivity index (χ2v) is 10.4. The lowest BCUT2D eigenvalue weighted by Gasteiger charge is -2.14. The highest BCUT2D eigenvalue weighted by Gasteiger charge is 2.35. The molecule has 38 heavy (non-hydrogen) atoms. The number of hydrogen-bond acceptors (Lipinski definition) is 6. The number of imide groups is 1. The van der Waals surface area contributed by atoms with Crippen molar-refractivity contribution in [2.45, 2.75) is 39.5 Å². The molecule has 2 aromatic heterocycles. The zero-order valence-corrected chi connectivity index (χ0v) is 22.2. The molecular weight excluding hydrogens is 504 g/mol. The summed E-state index contributed by atoms with van der Waals surface area (Å²) in [5.74, 6) is -1.43. The number of hydrogen-bond donors (Lipinski definition) is 2. The van der Waals surface area contributed by atoms with E-state index in [0.29, 0.717) is 5.56 Å². The largest absolute Gasteiger partial charge is 0.468 e. The summed E-state index contributed by atoms with van der Waals surface area (Å²) in [6.45, 7) is 3.41. The van der Waals surface area contributed by atoms with Gasteiger partial charge in [-0.25, -0.2) is 9.69 Å². The third-order valence-corrected chi connectivity index (χ3v) is 8.14. The first-order valence-corrected chi connectivity index (χ1v) is 13.2. The molecule has 1 aliphatic heterocycles. The van der Waals surface area contributed by atoms with Gasteiger partial charge in [0.05, 0.1) is 12.7 Å². The number of amides is 4. The molecule has 5 rings (SSSR count). The number of esters is 1. The lowest BCUT2D eigenvalue weighted by atomic mass is 9.95. The number of nitrogens with one attached hydrogen (secondary N) is 2. The van der Waals surface area contributed by atoms with Gasteiger partial charge in [0.2, 0.25) is 0 Å². The Hall–Kier alpha value is -4.18. The average Bonchev–Trinajstić information content (AvgIpc) is 3.51. The molecule has 0 bridgehead atoms. The summed E-state index contributed by atoms with van der Waals surface area (Å²) in [5.41, 5.74) is 5.05. The van der Waals surface area contributed by atoms with Gasteiger partial charge >= 0.3 is 12.0 Å². The van der Waals surface area contributed by atoms with Crippen molar-refractivity contribution in [2.75, 3.05) is 19.0 Å². The summed E-state index contributed by atoms with van der Waals surface area (Å²) >= 11 is 1.63. The number of ether oxygens (including phenoxy) is 1. The van der Waals surface area contributed by atoms with Gasteiger partial charge in [-0.3, -0.25) is 14.4 Å². The molecule has 3 heterocycles. The van der Waals surface area contributed by atoms with E-state index in [0.717, 1.165) is 63.8 Å². The third kappa shape index (κ3) is 4.63. The van der Waals surface area contributed by atoms with E-state index in [1.165, 1.54) is 12.0 Å². The van der Waals surface area contributed by atoms with E-state index in [-0.39, 0.29) is 11.6 Å². The first-order valence-electron chi connectivity index (χ1n) is 12.4. The van der Waals surface area contributed by atoms with Crippen LogP contribution in [-0.2, 0) is 27.2 Å². The fourth-order valence-electron chi connectivity index (χ4n) is 4.97. The Bertz CT molecular complexity index is 1480. The number of carbonyl (C=O) groups is 4. The van der Waals surface area contributed by atoms with Crippen LogP contribution in [0.15, 0.2) is 42.1 Å². The molecule has 2 aliphatic rings. The summed E-state index contributed by atoms with van der Waals surface area (Å²) in [7, 11) is 1.20. The van der Waals surface area contributed by atoms with Gasteiger partial charge in [0.15, 0.2) is 0 Å².